The number of hydrogen-bond acceptors (Lipinski definition) is 4. The number of nitrogens with one attached hydrogen (secondary N) is 1. The molecule has 1 unspecified atom stereocenters. The van der Waals surface area contributed by atoms with E-state index in [9.17, 15) is 18.3 Å². The van der Waals surface area contributed by atoms with E-state index in [4.69, 9.17) is 5.11 Å². The lowest BCUT2D eigenvalue weighted by Crippen LogP contribution is -2.51. The number of aliphatic carboxylic acids is 1. The van der Waals surface area contributed by atoms with E-state index in [1.807, 2.05) is 0 Å². The Morgan fingerprint density at radius 3 is 2.27 bits per heavy atom. The predicted molar refractivity (Wildman–Crippen MR) is 54.9 cm³/mol. The molecule has 0 aromatic rings. The van der Waals surface area contributed by atoms with Gasteiger partial charge in [-0.05, 0) is 20.8 Å². The lowest BCUT2D eigenvalue weighted by atomic mass is 10.0. The van der Waals surface area contributed by atoms with E-state index in [0.29, 0.717) is 0 Å². The number of aliphatic hydroxyl groups is 1. The third kappa shape index (κ3) is 5.71. The Labute approximate surface area is 89.4 Å². The van der Waals surface area contributed by atoms with Crippen LogP contribution in [0.15, 0.2) is 0 Å². The number of rotatable bonds is 6. The van der Waals surface area contributed by atoms with Gasteiger partial charge in [0.2, 0.25) is 10.0 Å². The van der Waals surface area contributed by atoms with E-state index in [1.54, 1.807) is 0 Å². The highest BCUT2D eigenvalue weighted by Crippen LogP contribution is 2.10. The van der Waals surface area contributed by atoms with Gasteiger partial charge in [0.15, 0.2) is 0 Å². The maximum Gasteiger partial charge on any atom is 0.304 e. The molecule has 0 fully saturated rings. The zero-order valence-corrected chi connectivity index (χ0v) is 9.84. The summed E-state index contributed by atoms with van der Waals surface area (Å²) in [4.78, 5) is 10.2. The van der Waals surface area contributed by atoms with Crippen molar-refractivity contribution in [1.29, 1.82) is 0 Å². The molecule has 0 aliphatic heterocycles. The Morgan fingerprint density at radius 1 is 1.47 bits per heavy atom. The lowest BCUT2D eigenvalue weighted by Gasteiger charge is -2.28. The second kappa shape index (κ2) is 4.91. The Balaban J connectivity index is 4.45. The molecule has 0 aromatic heterocycles. The number of sulfonamides is 1. The zero-order valence-electron chi connectivity index (χ0n) is 9.02. The molecular formula is C8H17NO5S. The molecule has 0 aromatic carbocycles. The monoisotopic (exact) mass is 239 g/mol. The van der Waals surface area contributed by atoms with Crippen molar-refractivity contribution in [2.45, 2.75) is 38.8 Å². The zero-order chi connectivity index (χ0) is 12.3. The van der Waals surface area contributed by atoms with E-state index < -0.39 is 39.8 Å². The van der Waals surface area contributed by atoms with Crippen LogP contribution in [-0.4, -0.2) is 42.0 Å². The van der Waals surface area contributed by atoms with E-state index in [1.165, 1.54) is 20.8 Å². The molecule has 0 aliphatic carbocycles. The van der Waals surface area contributed by atoms with Gasteiger partial charge in [0.05, 0.1) is 23.8 Å². The first-order chi connectivity index (χ1) is 6.57. The van der Waals surface area contributed by atoms with Gasteiger partial charge in [-0.1, -0.05) is 0 Å². The van der Waals surface area contributed by atoms with Gasteiger partial charge in [-0.2, -0.15) is 0 Å². The highest BCUT2D eigenvalue weighted by atomic mass is 32.2. The third-order valence-corrected chi connectivity index (χ3v) is 3.63. The molecule has 7 heteroatoms. The minimum absolute atomic E-state index is 0.453. The van der Waals surface area contributed by atoms with Crippen molar-refractivity contribution in [3.05, 3.63) is 0 Å². The molecule has 0 aliphatic rings. The van der Waals surface area contributed by atoms with Gasteiger partial charge in [-0.3, -0.25) is 4.79 Å². The van der Waals surface area contributed by atoms with Crippen LogP contribution >= 0.6 is 0 Å². The average Bonchev–Trinajstić information content (AvgIpc) is 1.99. The van der Waals surface area contributed by atoms with Crippen molar-refractivity contribution in [2.24, 2.45) is 0 Å². The normalized spacial score (nSPS) is 14.9. The molecule has 15 heavy (non-hydrogen) atoms. The van der Waals surface area contributed by atoms with Crippen LogP contribution in [0.2, 0.25) is 0 Å². The van der Waals surface area contributed by atoms with Crippen LogP contribution in [0.25, 0.3) is 0 Å². The fourth-order valence-corrected chi connectivity index (χ4v) is 2.28. The maximum atomic E-state index is 11.4. The van der Waals surface area contributed by atoms with Gasteiger partial charge in [0, 0.05) is 0 Å². The van der Waals surface area contributed by atoms with Gasteiger partial charge in [-0.15, -0.1) is 0 Å². The second-order valence-electron chi connectivity index (χ2n) is 3.96. The highest BCUT2D eigenvalue weighted by Gasteiger charge is 2.29. The Bertz CT molecular complexity index is 320. The van der Waals surface area contributed by atoms with E-state index in [0.717, 1.165) is 0 Å². The van der Waals surface area contributed by atoms with Gasteiger partial charge in [0.25, 0.3) is 0 Å². The summed E-state index contributed by atoms with van der Waals surface area (Å²) in [6, 6.07) is 0. The van der Waals surface area contributed by atoms with Crippen LogP contribution in [0.4, 0.5) is 0 Å². The molecule has 0 bridgehead atoms. The van der Waals surface area contributed by atoms with Crippen LogP contribution in [0.3, 0.4) is 0 Å². The van der Waals surface area contributed by atoms with Gasteiger partial charge in [0.1, 0.15) is 0 Å². The van der Waals surface area contributed by atoms with Gasteiger partial charge < -0.3 is 10.2 Å². The topological polar surface area (TPSA) is 104 Å². The summed E-state index contributed by atoms with van der Waals surface area (Å²) < 4.78 is 25.0. The summed E-state index contributed by atoms with van der Waals surface area (Å²) in [7, 11) is -3.67. The highest BCUT2D eigenvalue weighted by molar-refractivity contribution is 7.89. The van der Waals surface area contributed by atoms with Crippen molar-refractivity contribution in [3.63, 3.8) is 0 Å². The minimum Gasteiger partial charge on any atom is -0.481 e. The van der Waals surface area contributed by atoms with Crippen LogP contribution in [0, 0.1) is 0 Å². The summed E-state index contributed by atoms with van der Waals surface area (Å²) >= 11 is 0. The summed E-state index contributed by atoms with van der Waals surface area (Å²) in [6.07, 6.45) is -1.32. The van der Waals surface area contributed by atoms with Crippen molar-refractivity contribution >= 4 is 16.0 Å². The van der Waals surface area contributed by atoms with Crippen LogP contribution in [0.5, 0.6) is 0 Å². The van der Waals surface area contributed by atoms with Crippen LogP contribution in [0.1, 0.15) is 27.2 Å². The maximum absolute atomic E-state index is 11.4. The first-order valence-corrected chi connectivity index (χ1v) is 6.13. The standard InChI is InChI=1S/C8H17NO5S/c1-6(10)8(2,3)9-15(13,14)5-4-7(11)12/h6,9-10H,4-5H2,1-3H3,(H,11,12). The molecule has 90 valence electrons. The summed E-state index contributed by atoms with van der Waals surface area (Å²) in [5, 5.41) is 17.6. The number of aliphatic hydroxyl groups excluding tert-OH is 1. The van der Waals surface area contributed by atoms with Gasteiger partial charge >= 0.3 is 5.97 Å². The van der Waals surface area contributed by atoms with E-state index >= 15 is 0 Å². The number of hydrogen-bond donors (Lipinski definition) is 3. The first-order valence-electron chi connectivity index (χ1n) is 4.48. The largest absolute Gasteiger partial charge is 0.481 e. The lowest BCUT2D eigenvalue weighted by molar-refractivity contribution is -0.136. The SMILES string of the molecule is CC(O)C(C)(C)NS(=O)(=O)CCC(=O)O. The molecule has 3 N–H and O–H groups in total. The van der Waals surface area contributed by atoms with Crippen molar-refractivity contribution in [2.75, 3.05) is 5.75 Å². The molecule has 1 atom stereocenters. The van der Waals surface area contributed by atoms with Crippen LogP contribution < -0.4 is 4.72 Å². The van der Waals surface area contributed by atoms with Crippen LogP contribution in [-0.2, 0) is 14.8 Å². The predicted octanol–water partition coefficient (Wildman–Crippen LogP) is -0.460. The fourth-order valence-electron chi connectivity index (χ4n) is 0.759. The number of carboxylic acid groups (broad SMARTS) is 1. The van der Waals surface area contributed by atoms with Crippen molar-refractivity contribution in [3.8, 4) is 0 Å². The molecule has 6 nitrogen and oxygen atoms in total. The Kier molecular flexibility index (Phi) is 4.69. The second-order valence-corrected chi connectivity index (χ2v) is 5.80. The average molecular weight is 239 g/mol. The first kappa shape index (κ1) is 14.3. The third-order valence-electron chi connectivity index (χ3n) is 2.05. The Morgan fingerprint density at radius 2 is 1.93 bits per heavy atom. The number of carbonyl (C=O) groups is 1. The minimum atomic E-state index is -3.67. The van der Waals surface area contributed by atoms with Crippen molar-refractivity contribution < 1.29 is 23.4 Å². The summed E-state index contributed by atoms with van der Waals surface area (Å²) in [6.45, 7) is 4.51. The summed E-state index contributed by atoms with van der Waals surface area (Å²) in [5.41, 5.74) is -1.00. The molecule has 0 spiro atoms. The molecular weight excluding hydrogens is 222 g/mol. The number of carboxylic acids is 1. The molecule has 0 radical (unpaired) electrons. The fraction of sp³-hybridized carbons (Fsp3) is 0.875. The molecule has 0 amide bonds. The quantitative estimate of drug-likeness (QED) is 0.582. The molecule has 0 rings (SSSR count). The van der Waals surface area contributed by atoms with E-state index in [-0.39, 0.29) is 0 Å². The molecule has 0 saturated carbocycles. The van der Waals surface area contributed by atoms with Crippen molar-refractivity contribution in [1.82, 2.24) is 4.72 Å². The Hall–Kier alpha value is -0.660. The molecule has 0 heterocycles. The molecule has 0 saturated heterocycles. The summed E-state index contributed by atoms with van der Waals surface area (Å²) in [5.74, 6) is -1.66. The van der Waals surface area contributed by atoms with Gasteiger partial charge in [-0.25, -0.2) is 13.1 Å². The smallest absolute Gasteiger partial charge is 0.304 e. The van der Waals surface area contributed by atoms with E-state index in [2.05, 4.69) is 4.72 Å².